The highest BCUT2D eigenvalue weighted by Gasteiger charge is 2.30. The SMILES string of the molecule is CNC(=O)c1cccc2c1CCCN2c1n[nH]c2nc(N3CCC(C)(CN)CC3)cnc12. The van der Waals surface area contributed by atoms with Gasteiger partial charge in [0.25, 0.3) is 5.91 Å². The van der Waals surface area contributed by atoms with Crippen LogP contribution in [-0.2, 0) is 6.42 Å². The highest BCUT2D eigenvalue weighted by Crippen LogP contribution is 2.37. The number of aromatic nitrogens is 4. The zero-order valence-corrected chi connectivity index (χ0v) is 18.7. The van der Waals surface area contributed by atoms with E-state index in [-0.39, 0.29) is 11.3 Å². The molecule has 1 fully saturated rings. The van der Waals surface area contributed by atoms with Crippen LogP contribution in [0.1, 0.15) is 42.1 Å². The summed E-state index contributed by atoms with van der Waals surface area (Å²) in [6.07, 6.45) is 5.75. The molecular formula is C23H30N8O. The van der Waals surface area contributed by atoms with Crippen molar-refractivity contribution in [2.75, 3.05) is 43.0 Å². The molecule has 2 aliphatic rings. The third-order valence-electron chi connectivity index (χ3n) is 7.00. The van der Waals surface area contributed by atoms with Crippen molar-refractivity contribution in [1.82, 2.24) is 25.5 Å². The number of nitrogens with one attached hydrogen (secondary N) is 2. The van der Waals surface area contributed by atoms with Crippen LogP contribution in [0.15, 0.2) is 24.4 Å². The summed E-state index contributed by atoms with van der Waals surface area (Å²) in [7, 11) is 1.66. The zero-order chi connectivity index (χ0) is 22.3. The van der Waals surface area contributed by atoms with Crippen LogP contribution in [0.3, 0.4) is 0 Å². The molecule has 9 heteroatoms. The average Bonchev–Trinajstić information content (AvgIpc) is 3.26. The van der Waals surface area contributed by atoms with Gasteiger partial charge in [-0.3, -0.25) is 9.89 Å². The van der Waals surface area contributed by atoms with Gasteiger partial charge in [0, 0.05) is 37.9 Å². The maximum atomic E-state index is 12.4. The second-order valence-corrected chi connectivity index (χ2v) is 9.11. The monoisotopic (exact) mass is 434 g/mol. The normalized spacial score (nSPS) is 18.0. The van der Waals surface area contributed by atoms with Gasteiger partial charge in [0.2, 0.25) is 0 Å². The van der Waals surface area contributed by atoms with Gasteiger partial charge in [-0.15, -0.1) is 0 Å². The lowest BCUT2D eigenvalue weighted by Gasteiger charge is -2.39. The molecule has 1 amide bonds. The molecule has 4 N–H and O–H groups in total. The maximum absolute atomic E-state index is 12.4. The van der Waals surface area contributed by atoms with Gasteiger partial charge >= 0.3 is 0 Å². The van der Waals surface area contributed by atoms with Gasteiger partial charge < -0.3 is 20.9 Å². The number of H-pyrrole nitrogens is 1. The van der Waals surface area contributed by atoms with Crippen molar-refractivity contribution in [1.29, 1.82) is 0 Å². The number of fused-ring (bicyclic) bond motifs is 2. The summed E-state index contributed by atoms with van der Waals surface area (Å²) in [5, 5.41) is 10.4. The predicted molar refractivity (Wildman–Crippen MR) is 125 cm³/mol. The largest absolute Gasteiger partial charge is 0.355 e. The zero-order valence-electron chi connectivity index (χ0n) is 18.7. The van der Waals surface area contributed by atoms with E-state index in [1.54, 1.807) is 7.05 Å². The summed E-state index contributed by atoms with van der Waals surface area (Å²) in [6, 6.07) is 5.85. The number of hydrogen-bond donors (Lipinski definition) is 3. The molecule has 9 nitrogen and oxygen atoms in total. The van der Waals surface area contributed by atoms with Crippen molar-refractivity contribution < 1.29 is 4.79 Å². The van der Waals surface area contributed by atoms with E-state index in [9.17, 15) is 4.79 Å². The van der Waals surface area contributed by atoms with Gasteiger partial charge in [-0.25, -0.2) is 9.97 Å². The van der Waals surface area contributed by atoms with Crippen molar-refractivity contribution in [3.05, 3.63) is 35.5 Å². The molecule has 0 atom stereocenters. The molecule has 0 bridgehead atoms. The topological polar surface area (TPSA) is 116 Å². The van der Waals surface area contributed by atoms with Crippen LogP contribution >= 0.6 is 0 Å². The first-order valence-corrected chi connectivity index (χ1v) is 11.3. The molecule has 0 spiro atoms. The van der Waals surface area contributed by atoms with E-state index in [4.69, 9.17) is 15.7 Å². The van der Waals surface area contributed by atoms with Gasteiger partial charge in [-0.05, 0) is 55.3 Å². The average molecular weight is 435 g/mol. The second kappa shape index (κ2) is 8.05. The molecule has 0 radical (unpaired) electrons. The molecule has 32 heavy (non-hydrogen) atoms. The molecule has 2 aromatic heterocycles. The van der Waals surface area contributed by atoms with Crippen LogP contribution in [0.5, 0.6) is 0 Å². The highest BCUT2D eigenvalue weighted by molar-refractivity contribution is 5.98. The van der Waals surface area contributed by atoms with Gasteiger partial charge in [0.15, 0.2) is 17.0 Å². The molecular weight excluding hydrogens is 404 g/mol. The number of benzene rings is 1. The van der Waals surface area contributed by atoms with E-state index in [2.05, 4.69) is 32.2 Å². The van der Waals surface area contributed by atoms with Crippen molar-refractivity contribution in [2.45, 2.75) is 32.6 Å². The van der Waals surface area contributed by atoms with E-state index < -0.39 is 0 Å². The summed E-state index contributed by atoms with van der Waals surface area (Å²) in [6.45, 7) is 5.64. The summed E-state index contributed by atoms with van der Waals surface area (Å²) in [5.41, 5.74) is 10.4. The number of rotatable bonds is 4. The quantitative estimate of drug-likeness (QED) is 0.577. The fourth-order valence-corrected chi connectivity index (χ4v) is 4.79. The standard InChI is InChI=1S/C23H30N8O/c1-23(14-24)8-11-30(12-9-23)18-13-26-19-20(27-18)28-29-21(19)31-10-4-6-15-16(22(32)25-2)5-3-7-17(15)31/h3,5,7,13H,4,6,8-12,14,24H2,1-2H3,(H,25,32)(H,27,28,29). The number of carbonyl (C=O) groups is 1. The molecule has 168 valence electrons. The molecule has 0 saturated carbocycles. The van der Waals surface area contributed by atoms with Crippen molar-refractivity contribution >= 4 is 34.4 Å². The van der Waals surface area contributed by atoms with Gasteiger partial charge in [0.05, 0.1) is 6.20 Å². The lowest BCUT2D eigenvalue weighted by Crippen LogP contribution is -2.42. The fraction of sp³-hybridized carbons (Fsp3) is 0.478. The Labute approximate surface area is 187 Å². The Hall–Kier alpha value is -3.20. The van der Waals surface area contributed by atoms with E-state index in [1.807, 2.05) is 24.4 Å². The Kier molecular flexibility index (Phi) is 5.21. The second-order valence-electron chi connectivity index (χ2n) is 9.11. The van der Waals surface area contributed by atoms with Gasteiger partial charge in [0.1, 0.15) is 5.82 Å². The molecule has 1 aromatic carbocycles. The number of carbonyl (C=O) groups excluding carboxylic acids is 1. The third-order valence-corrected chi connectivity index (χ3v) is 7.00. The summed E-state index contributed by atoms with van der Waals surface area (Å²) in [4.78, 5) is 26.3. The number of aromatic amines is 1. The molecule has 3 aromatic rings. The molecule has 0 aliphatic carbocycles. The van der Waals surface area contributed by atoms with Crippen molar-refractivity contribution in [3.63, 3.8) is 0 Å². The molecule has 2 aliphatic heterocycles. The third kappa shape index (κ3) is 3.46. The van der Waals surface area contributed by atoms with Gasteiger partial charge in [-0.1, -0.05) is 13.0 Å². The lowest BCUT2D eigenvalue weighted by molar-refractivity contribution is 0.0962. The van der Waals surface area contributed by atoms with E-state index >= 15 is 0 Å². The van der Waals surface area contributed by atoms with Crippen molar-refractivity contribution in [2.24, 2.45) is 11.1 Å². The van der Waals surface area contributed by atoms with Crippen LogP contribution < -0.4 is 20.9 Å². The number of piperidine rings is 1. The summed E-state index contributed by atoms with van der Waals surface area (Å²) < 4.78 is 0. The van der Waals surface area contributed by atoms with E-state index in [1.165, 1.54) is 0 Å². The van der Waals surface area contributed by atoms with Crippen LogP contribution in [0.4, 0.5) is 17.3 Å². The first-order chi connectivity index (χ1) is 15.5. The first kappa shape index (κ1) is 20.7. The number of hydrogen-bond acceptors (Lipinski definition) is 7. The minimum atomic E-state index is -0.0627. The summed E-state index contributed by atoms with van der Waals surface area (Å²) in [5.74, 6) is 1.56. The van der Waals surface area contributed by atoms with Gasteiger partial charge in [-0.2, -0.15) is 5.10 Å². The maximum Gasteiger partial charge on any atom is 0.251 e. The Morgan fingerprint density at radius 3 is 2.84 bits per heavy atom. The molecule has 4 heterocycles. The number of nitrogens with two attached hydrogens (primary N) is 1. The highest BCUT2D eigenvalue weighted by atomic mass is 16.1. The van der Waals surface area contributed by atoms with Crippen LogP contribution in [-0.4, -0.2) is 59.3 Å². The Morgan fingerprint density at radius 1 is 1.28 bits per heavy atom. The fourth-order valence-electron chi connectivity index (χ4n) is 4.79. The molecule has 5 rings (SSSR count). The van der Waals surface area contributed by atoms with Crippen LogP contribution in [0, 0.1) is 5.41 Å². The Balaban J connectivity index is 1.46. The lowest BCUT2D eigenvalue weighted by atomic mass is 9.80. The van der Waals surface area contributed by atoms with E-state index in [0.29, 0.717) is 12.2 Å². The van der Waals surface area contributed by atoms with Crippen LogP contribution in [0.25, 0.3) is 11.2 Å². The molecule has 1 saturated heterocycles. The predicted octanol–water partition coefficient (Wildman–Crippen LogP) is 2.36. The minimum absolute atomic E-state index is 0.0627. The Morgan fingerprint density at radius 2 is 2.09 bits per heavy atom. The van der Waals surface area contributed by atoms with Crippen molar-refractivity contribution in [3.8, 4) is 0 Å². The molecule has 0 unspecified atom stereocenters. The Bertz CT molecular complexity index is 1150. The summed E-state index contributed by atoms with van der Waals surface area (Å²) >= 11 is 0. The minimum Gasteiger partial charge on any atom is -0.355 e. The smallest absolute Gasteiger partial charge is 0.251 e. The van der Waals surface area contributed by atoms with Crippen LogP contribution in [0.2, 0.25) is 0 Å². The number of nitrogens with zero attached hydrogens (tertiary/aromatic N) is 5. The first-order valence-electron chi connectivity index (χ1n) is 11.3. The number of amides is 1. The number of anilines is 3. The van der Waals surface area contributed by atoms with E-state index in [0.717, 1.165) is 79.3 Å².